The molecular formula is C21H27NO2. The van der Waals surface area contributed by atoms with Gasteiger partial charge in [-0.25, -0.2) is 0 Å². The van der Waals surface area contributed by atoms with Crippen LogP contribution in [0, 0.1) is 0 Å². The second-order valence-electron chi connectivity index (χ2n) is 7.36. The van der Waals surface area contributed by atoms with Gasteiger partial charge in [0.15, 0.2) is 0 Å². The summed E-state index contributed by atoms with van der Waals surface area (Å²) >= 11 is 0. The van der Waals surface area contributed by atoms with Crippen LogP contribution in [-0.4, -0.2) is 29.9 Å². The van der Waals surface area contributed by atoms with Crippen molar-refractivity contribution in [2.75, 3.05) is 18.1 Å². The number of aliphatic hydroxyl groups is 1. The van der Waals surface area contributed by atoms with Crippen LogP contribution in [0.2, 0.25) is 0 Å². The first-order valence-corrected chi connectivity index (χ1v) is 8.70. The zero-order chi connectivity index (χ0) is 17.2. The van der Waals surface area contributed by atoms with Crippen LogP contribution in [0.25, 0.3) is 0 Å². The van der Waals surface area contributed by atoms with E-state index in [0.29, 0.717) is 19.1 Å². The molecular weight excluding hydrogens is 298 g/mol. The van der Waals surface area contributed by atoms with Crippen LogP contribution < -0.4 is 9.64 Å². The van der Waals surface area contributed by atoms with E-state index in [-0.39, 0.29) is 5.54 Å². The number of anilines is 1. The molecule has 0 spiro atoms. The highest BCUT2D eigenvalue weighted by atomic mass is 16.5. The third kappa shape index (κ3) is 3.57. The number of para-hydroxylation sites is 2. The van der Waals surface area contributed by atoms with Gasteiger partial charge in [0, 0.05) is 17.8 Å². The highest BCUT2D eigenvalue weighted by Crippen LogP contribution is 2.43. The molecule has 1 N–H and O–H groups in total. The minimum absolute atomic E-state index is 0.0154. The molecule has 3 heteroatoms. The summed E-state index contributed by atoms with van der Waals surface area (Å²) in [4.78, 5) is 2.33. The van der Waals surface area contributed by atoms with Crippen LogP contribution in [0.4, 0.5) is 5.69 Å². The van der Waals surface area contributed by atoms with Crippen LogP contribution in [0.3, 0.4) is 0 Å². The quantitative estimate of drug-likeness (QED) is 0.893. The van der Waals surface area contributed by atoms with Gasteiger partial charge in [-0.05, 0) is 49.9 Å². The first-order valence-electron chi connectivity index (χ1n) is 8.70. The molecule has 2 atom stereocenters. The summed E-state index contributed by atoms with van der Waals surface area (Å²) in [5.74, 6) is 1.33. The van der Waals surface area contributed by atoms with E-state index in [1.807, 2.05) is 30.3 Å². The van der Waals surface area contributed by atoms with E-state index < -0.39 is 6.10 Å². The fraction of sp³-hybridized carbons (Fsp3) is 0.429. The van der Waals surface area contributed by atoms with Crippen molar-refractivity contribution in [2.24, 2.45) is 0 Å². The predicted molar refractivity (Wildman–Crippen MR) is 98.8 cm³/mol. The summed E-state index contributed by atoms with van der Waals surface area (Å²) < 4.78 is 5.71. The smallest absolute Gasteiger partial charge is 0.119 e. The number of rotatable bonds is 5. The lowest BCUT2D eigenvalue weighted by atomic mass is 9.80. The fourth-order valence-corrected chi connectivity index (χ4v) is 3.76. The molecule has 2 unspecified atom stereocenters. The number of benzene rings is 2. The molecule has 0 amide bonds. The van der Waals surface area contributed by atoms with Crippen molar-refractivity contribution in [1.82, 2.24) is 0 Å². The predicted octanol–water partition coefficient (Wildman–Crippen LogP) is 4.22. The molecule has 3 nitrogen and oxygen atoms in total. The van der Waals surface area contributed by atoms with Gasteiger partial charge in [-0.15, -0.1) is 0 Å². The van der Waals surface area contributed by atoms with Crippen molar-refractivity contribution in [3.8, 4) is 5.75 Å². The van der Waals surface area contributed by atoms with E-state index in [2.05, 4.69) is 49.9 Å². The molecule has 0 saturated carbocycles. The molecule has 24 heavy (non-hydrogen) atoms. The zero-order valence-electron chi connectivity index (χ0n) is 14.8. The maximum atomic E-state index is 10.5. The van der Waals surface area contributed by atoms with Gasteiger partial charge in [0.2, 0.25) is 0 Å². The molecule has 1 heterocycles. The van der Waals surface area contributed by atoms with Gasteiger partial charge in [-0.3, -0.25) is 0 Å². The summed E-state index contributed by atoms with van der Waals surface area (Å²) in [5.41, 5.74) is 2.62. The Hall–Kier alpha value is -2.00. The van der Waals surface area contributed by atoms with Crippen molar-refractivity contribution in [1.29, 1.82) is 0 Å². The number of aliphatic hydroxyl groups excluding tert-OH is 1. The summed E-state index contributed by atoms with van der Waals surface area (Å²) in [5, 5.41) is 10.5. The highest BCUT2D eigenvalue weighted by Gasteiger charge is 2.36. The van der Waals surface area contributed by atoms with Gasteiger partial charge in [0.1, 0.15) is 18.5 Å². The van der Waals surface area contributed by atoms with E-state index in [1.165, 1.54) is 11.3 Å². The molecule has 0 bridgehead atoms. The van der Waals surface area contributed by atoms with Gasteiger partial charge >= 0.3 is 0 Å². The molecule has 3 rings (SSSR count). The summed E-state index contributed by atoms with van der Waals surface area (Å²) in [6.07, 6.45) is 0.543. The molecule has 2 aromatic carbocycles. The van der Waals surface area contributed by atoms with Crippen LogP contribution in [-0.2, 0) is 0 Å². The monoisotopic (exact) mass is 325 g/mol. The molecule has 1 aliphatic rings. The van der Waals surface area contributed by atoms with Crippen LogP contribution >= 0.6 is 0 Å². The molecule has 0 saturated heterocycles. The van der Waals surface area contributed by atoms with Gasteiger partial charge in [0.05, 0.1) is 0 Å². The average molecular weight is 325 g/mol. The largest absolute Gasteiger partial charge is 0.491 e. The highest BCUT2D eigenvalue weighted by molar-refractivity contribution is 5.59. The van der Waals surface area contributed by atoms with E-state index in [0.717, 1.165) is 12.2 Å². The maximum Gasteiger partial charge on any atom is 0.119 e. The van der Waals surface area contributed by atoms with Crippen molar-refractivity contribution >= 4 is 5.69 Å². The molecule has 0 fully saturated rings. The van der Waals surface area contributed by atoms with E-state index in [4.69, 9.17) is 4.74 Å². The minimum atomic E-state index is -0.536. The molecule has 1 aliphatic heterocycles. The van der Waals surface area contributed by atoms with Crippen LogP contribution in [0.5, 0.6) is 5.75 Å². The van der Waals surface area contributed by atoms with Gasteiger partial charge in [-0.1, -0.05) is 43.3 Å². The second kappa shape index (κ2) is 6.86. The molecule has 0 aromatic heterocycles. The normalized spacial score (nSPS) is 20.3. The van der Waals surface area contributed by atoms with Gasteiger partial charge < -0.3 is 14.7 Å². The topological polar surface area (TPSA) is 32.7 Å². The number of hydrogen-bond donors (Lipinski definition) is 1. The standard InChI is InChI=1S/C21H27NO2/c1-16-13-21(2,3)22(20-12-8-7-11-19(16)20)14-17(23)15-24-18-9-5-4-6-10-18/h4-12,16-17,23H,13-15H2,1-3H3. The Balaban J connectivity index is 1.72. The Labute approximate surface area is 144 Å². The summed E-state index contributed by atoms with van der Waals surface area (Å²) in [6, 6.07) is 18.2. The third-order valence-corrected chi connectivity index (χ3v) is 4.87. The van der Waals surface area contributed by atoms with Gasteiger partial charge in [-0.2, -0.15) is 0 Å². The van der Waals surface area contributed by atoms with Crippen LogP contribution in [0.1, 0.15) is 38.7 Å². The second-order valence-corrected chi connectivity index (χ2v) is 7.36. The molecule has 0 radical (unpaired) electrons. The fourth-order valence-electron chi connectivity index (χ4n) is 3.76. The first kappa shape index (κ1) is 16.8. The van der Waals surface area contributed by atoms with Crippen molar-refractivity contribution < 1.29 is 9.84 Å². The summed E-state index contributed by atoms with van der Waals surface area (Å²) in [7, 11) is 0. The van der Waals surface area contributed by atoms with E-state index >= 15 is 0 Å². The van der Waals surface area contributed by atoms with Crippen molar-refractivity contribution in [2.45, 2.75) is 44.8 Å². The van der Waals surface area contributed by atoms with E-state index in [9.17, 15) is 5.11 Å². The SMILES string of the molecule is CC1CC(C)(C)N(CC(O)COc2ccccc2)c2ccccc21. The average Bonchev–Trinajstić information content (AvgIpc) is 2.57. The lowest BCUT2D eigenvalue weighted by Crippen LogP contribution is -2.52. The lowest BCUT2D eigenvalue weighted by molar-refractivity contribution is 0.106. The number of fused-ring (bicyclic) bond motifs is 1. The van der Waals surface area contributed by atoms with E-state index in [1.54, 1.807) is 0 Å². The summed E-state index contributed by atoms with van der Waals surface area (Å²) in [6.45, 7) is 7.67. The zero-order valence-corrected chi connectivity index (χ0v) is 14.8. The van der Waals surface area contributed by atoms with Crippen LogP contribution in [0.15, 0.2) is 54.6 Å². The van der Waals surface area contributed by atoms with Gasteiger partial charge in [0.25, 0.3) is 0 Å². The van der Waals surface area contributed by atoms with Crippen molar-refractivity contribution in [3.05, 3.63) is 60.2 Å². The number of hydrogen-bond acceptors (Lipinski definition) is 3. The first-order chi connectivity index (χ1) is 11.5. The Kier molecular flexibility index (Phi) is 4.81. The number of β-amino-alcohol motifs (C(OH)–C–C–N with tert-alkyl or cyclic N) is 1. The maximum absolute atomic E-state index is 10.5. The lowest BCUT2D eigenvalue weighted by Gasteiger charge is -2.48. The number of nitrogens with zero attached hydrogens (tertiary/aromatic N) is 1. The third-order valence-electron chi connectivity index (χ3n) is 4.87. The Bertz CT molecular complexity index is 669. The molecule has 2 aromatic rings. The Morgan fingerprint density at radius 1 is 1.12 bits per heavy atom. The number of ether oxygens (including phenoxy) is 1. The Morgan fingerprint density at radius 3 is 2.54 bits per heavy atom. The molecule has 0 aliphatic carbocycles. The Morgan fingerprint density at radius 2 is 1.79 bits per heavy atom. The minimum Gasteiger partial charge on any atom is -0.491 e. The van der Waals surface area contributed by atoms with Crippen molar-refractivity contribution in [3.63, 3.8) is 0 Å². The molecule has 128 valence electrons.